The summed E-state index contributed by atoms with van der Waals surface area (Å²) in [6.45, 7) is 1.23. The summed E-state index contributed by atoms with van der Waals surface area (Å²) in [4.78, 5) is 6.35. The number of hydrogen-bond acceptors (Lipinski definition) is 6. The third-order valence-electron chi connectivity index (χ3n) is 3.33. The molecule has 1 aliphatic rings. The van der Waals surface area contributed by atoms with E-state index in [1.807, 2.05) is 11.9 Å². The molecule has 0 radical (unpaired) electrons. The lowest BCUT2D eigenvalue weighted by atomic mass is 10.4. The SMILES string of the molecule is CN(CCCS(=O)(=O)N(C)C)Cc1nc(C2CC2)no1. The molecule has 1 aliphatic carbocycles. The van der Waals surface area contributed by atoms with Gasteiger partial charge in [0.15, 0.2) is 5.82 Å². The van der Waals surface area contributed by atoms with Crippen molar-refractivity contribution in [3.63, 3.8) is 0 Å². The van der Waals surface area contributed by atoms with Gasteiger partial charge in [0.2, 0.25) is 15.9 Å². The van der Waals surface area contributed by atoms with E-state index in [9.17, 15) is 8.42 Å². The van der Waals surface area contributed by atoms with Crippen LogP contribution in [0.1, 0.15) is 36.9 Å². The highest BCUT2D eigenvalue weighted by atomic mass is 32.2. The normalized spacial score (nSPS) is 16.2. The Morgan fingerprint density at radius 3 is 2.60 bits per heavy atom. The van der Waals surface area contributed by atoms with Crippen LogP contribution in [0, 0.1) is 0 Å². The van der Waals surface area contributed by atoms with Crippen LogP contribution in [-0.4, -0.2) is 61.2 Å². The molecule has 0 bridgehead atoms. The molecule has 2 rings (SSSR count). The van der Waals surface area contributed by atoms with Crippen molar-refractivity contribution in [3.8, 4) is 0 Å². The predicted octanol–water partition coefficient (Wildman–Crippen LogP) is 0.660. The van der Waals surface area contributed by atoms with Crippen molar-refractivity contribution in [2.75, 3.05) is 33.4 Å². The molecule has 20 heavy (non-hydrogen) atoms. The molecule has 0 aliphatic heterocycles. The van der Waals surface area contributed by atoms with E-state index in [-0.39, 0.29) is 5.75 Å². The Labute approximate surface area is 120 Å². The van der Waals surface area contributed by atoms with E-state index in [4.69, 9.17) is 4.52 Å². The van der Waals surface area contributed by atoms with Gasteiger partial charge in [-0.25, -0.2) is 12.7 Å². The van der Waals surface area contributed by atoms with E-state index in [2.05, 4.69) is 10.1 Å². The molecule has 1 aromatic rings. The van der Waals surface area contributed by atoms with Crippen molar-refractivity contribution >= 4 is 10.0 Å². The van der Waals surface area contributed by atoms with E-state index in [0.717, 1.165) is 18.7 Å². The van der Waals surface area contributed by atoms with Crippen molar-refractivity contribution in [1.29, 1.82) is 0 Å². The van der Waals surface area contributed by atoms with Crippen molar-refractivity contribution in [1.82, 2.24) is 19.3 Å². The minimum Gasteiger partial charge on any atom is -0.338 e. The van der Waals surface area contributed by atoms with Gasteiger partial charge in [0.05, 0.1) is 12.3 Å². The van der Waals surface area contributed by atoms with Crippen LogP contribution in [0.4, 0.5) is 0 Å². The maximum absolute atomic E-state index is 11.6. The zero-order valence-corrected chi connectivity index (χ0v) is 13.1. The second-order valence-electron chi connectivity index (χ2n) is 5.51. The third kappa shape index (κ3) is 4.26. The lowest BCUT2D eigenvalue weighted by Crippen LogP contribution is -2.28. The highest BCUT2D eigenvalue weighted by molar-refractivity contribution is 7.89. The van der Waals surface area contributed by atoms with Crippen molar-refractivity contribution in [3.05, 3.63) is 11.7 Å². The lowest BCUT2D eigenvalue weighted by Gasteiger charge is -2.15. The molecule has 0 atom stereocenters. The lowest BCUT2D eigenvalue weighted by molar-refractivity contribution is 0.266. The van der Waals surface area contributed by atoms with E-state index in [0.29, 0.717) is 31.3 Å². The molecule has 1 aromatic heterocycles. The Morgan fingerprint density at radius 1 is 1.30 bits per heavy atom. The molecule has 7 nitrogen and oxygen atoms in total. The summed E-state index contributed by atoms with van der Waals surface area (Å²) in [7, 11) is 1.91. The maximum atomic E-state index is 11.6. The van der Waals surface area contributed by atoms with Gasteiger partial charge in [-0.1, -0.05) is 5.16 Å². The van der Waals surface area contributed by atoms with Gasteiger partial charge in [-0.15, -0.1) is 0 Å². The molecule has 0 amide bonds. The molecule has 0 aromatic carbocycles. The van der Waals surface area contributed by atoms with Crippen LogP contribution < -0.4 is 0 Å². The van der Waals surface area contributed by atoms with E-state index in [1.165, 1.54) is 4.31 Å². The second-order valence-corrected chi connectivity index (χ2v) is 7.81. The molecule has 0 unspecified atom stereocenters. The van der Waals surface area contributed by atoms with Gasteiger partial charge < -0.3 is 4.52 Å². The van der Waals surface area contributed by atoms with E-state index < -0.39 is 10.0 Å². The van der Waals surface area contributed by atoms with Crippen LogP contribution in [0.15, 0.2) is 4.52 Å². The predicted molar refractivity (Wildman–Crippen MR) is 74.7 cm³/mol. The summed E-state index contributed by atoms with van der Waals surface area (Å²) < 4.78 is 29.7. The van der Waals surface area contributed by atoms with Crippen LogP contribution >= 0.6 is 0 Å². The fourth-order valence-electron chi connectivity index (χ4n) is 1.85. The van der Waals surface area contributed by atoms with Gasteiger partial charge in [0.25, 0.3) is 0 Å². The highest BCUT2D eigenvalue weighted by Crippen LogP contribution is 2.38. The van der Waals surface area contributed by atoms with Gasteiger partial charge in [-0.2, -0.15) is 4.98 Å². The van der Waals surface area contributed by atoms with E-state index >= 15 is 0 Å². The summed E-state index contributed by atoms with van der Waals surface area (Å²) in [5, 5.41) is 3.96. The number of nitrogens with zero attached hydrogens (tertiary/aromatic N) is 4. The first kappa shape index (κ1) is 15.4. The number of sulfonamides is 1. The first-order valence-corrected chi connectivity index (χ1v) is 8.40. The first-order valence-electron chi connectivity index (χ1n) is 6.79. The number of aromatic nitrogens is 2. The zero-order chi connectivity index (χ0) is 14.8. The average molecular weight is 302 g/mol. The van der Waals surface area contributed by atoms with Crippen LogP contribution in [0.25, 0.3) is 0 Å². The molecule has 8 heteroatoms. The summed E-state index contributed by atoms with van der Waals surface area (Å²) in [6.07, 6.45) is 2.88. The molecule has 0 saturated heterocycles. The fourth-order valence-corrected chi connectivity index (χ4v) is 2.71. The Kier molecular flexibility index (Phi) is 4.77. The summed E-state index contributed by atoms with van der Waals surface area (Å²) in [6, 6.07) is 0. The van der Waals surface area contributed by atoms with Gasteiger partial charge in [-0.05, 0) is 32.9 Å². The molecular formula is C12H22N4O3S. The molecule has 1 saturated carbocycles. The van der Waals surface area contributed by atoms with Crippen LogP contribution in [0.5, 0.6) is 0 Å². The standard InChI is InChI=1S/C12H22N4O3S/c1-15(2)20(17,18)8-4-7-16(3)9-11-13-12(14-19-11)10-5-6-10/h10H,4-9H2,1-3H3. The van der Waals surface area contributed by atoms with Crippen molar-refractivity contribution < 1.29 is 12.9 Å². The third-order valence-corrected chi connectivity index (χ3v) is 5.25. The average Bonchev–Trinajstić information content (AvgIpc) is 3.10. The summed E-state index contributed by atoms with van der Waals surface area (Å²) in [5.41, 5.74) is 0. The Morgan fingerprint density at radius 2 is 2.00 bits per heavy atom. The molecule has 0 spiro atoms. The van der Waals surface area contributed by atoms with Gasteiger partial charge in [0, 0.05) is 20.0 Å². The maximum Gasteiger partial charge on any atom is 0.240 e. The van der Waals surface area contributed by atoms with Crippen LogP contribution in [0.3, 0.4) is 0 Å². The largest absolute Gasteiger partial charge is 0.338 e. The fraction of sp³-hybridized carbons (Fsp3) is 0.833. The van der Waals surface area contributed by atoms with Crippen LogP contribution in [0.2, 0.25) is 0 Å². The smallest absolute Gasteiger partial charge is 0.240 e. The summed E-state index contributed by atoms with van der Waals surface area (Å²) >= 11 is 0. The Hall–Kier alpha value is -0.990. The molecule has 0 N–H and O–H groups in total. The molecule has 114 valence electrons. The first-order chi connectivity index (χ1) is 9.38. The Balaban J connectivity index is 1.73. The van der Waals surface area contributed by atoms with Gasteiger partial charge in [-0.3, -0.25) is 4.90 Å². The van der Waals surface area contributed by atoms with Gasteiger partial charge in [0.1, 0.15) is 0 Å². The Bertz CT molecular complexity index is 537. The van der Waals surface area contributed by atoms with Crippen LogP contribution in [-0.2, 0) is 16.6 Å². The van der Waals surface area contributed by atoms with Gasteiger partial charge >= 0.3 is 0 Å². The quantitative estimate of drug-likeness (QED) is 0.702. The topological polar surface area (TPSA) is 79.5 Å². The molecular weight excluding hydrogens is 280 g/mol. The minimum absolute atomic E-state index is 0.154. The second kappa shape index (κ2) is 6.19. The minimum atomic E-state index is -3.11. The zero-order valence-electron chi connectivity index (χ0n) is 12.2. The monoisotopic (exact) mass is 302 g/mol. The van der Waals surface area contributed by atoms with Crippen molar-refractivity contribution in [2.24, 2.45) is 0 Å². The summed E-state index contributed by atoms with van der Waals surface area (Å²) in [5.74, 6) is 2.05. The number of hydrogen-bond donors (Lipinski definition) is 0. The molecule has 1 fully saturated rings. The highest BCUT2D eigenvalue weighted by Gasteiger charge is 2.28. The molecule has 1 heterocycles. The van der Waals surface area contributed by atoms with E-state index in [1.54, 1.807) is 14.1 Å². The van der Waals surface area contributed by atoms with Crippen molar-refractivity contribution in [2.45, 2.75) is 31.7 Å². The number of rotatable bonds is 8.